The minimum Gasteiger partial charge on any atom is -0.493 e. The third-order valence-corrected chi connectivity index (χ3v) is 5.62. The average molecular weight is 404 g/mol. The van der Waals surface area contributed by atoms with E-state index in [0.29, 0.717) is 27.1 Å². The lowest BCUT2D eigenvalue weighted by atomic mass is 10.1. The number of nitrogens with one attached hydrogen (secondary N) is 1. The van der Waals surface area contributed by atoms with Crippen LogP contribution in [0.1, 0.15) is 24.1 Å². The molecule has 0 amide bonds. The van der Waals surface area contributed by atoms with Crippen molar-refractivity contribution >= 4 is 33.2 Å². The van der Waals surface area contributed by atoms with Gasteiger partial charge in [-0.05, 0) is 42.3 Å². The highest BCUT2D eigenvalue weighted by Crippen LogP contribution is 2.30. The molecule has 1 N–H and O–H groups in total. The molecule has 2 aromatic carbocycles. The summed E-state index contributed by atoms with van der Waals surface area (Å²) in [5, 5.41) is 0.773. The van der Waals surface area contributed by atoms with Crippen LogP contribution >= 0.6 is 23.2 Å². The average Bonchev–Trinajstić information content (AvgIpc) is 2.56. The van der Waals surface area contributed by atoms with Gasteiger partial charge >= 0.3 is 0 Å². The summed E-state index contributed by atoms with van der Waals surface area (Å²) in [6.45, 7) is 1.75. The molecule has 1 atom stereocenters. The van der Waals surface area contributed by atoms with Crippen LogP contribution in [0.5, 0.6) is 11.5 Å². The molecule has 0 saturated carbocycles. The Hall–Kier alpha value is -1.47. The Morgan fingerprint density at radius 1 is 1.04 bits per heavy atom. The van der Waals surface area contributed by atoms with Crippen LogP contribution in [0.25, 0.3) is 0 Å². The van der Waals surface area contributed by atoms with Crippen LogP contribution in [-0.4, -0.2) is 22.6 Å². The monoisotopic (exact) mass is 403 g/mol. The van der Waals surface area contributed by atoms with E-state index in [-0.39, 0.29) is 5.75 Å². The van der Waals surface area contributed by atoms with E-state index in [0.717, 1.165) is 5.56 Å². The lowest BCUT2D eigenvalue weighted by Crippen LogP contribution is -2.28. The predicted molar refractivity (Wildman–Crippen MR) is 100 cm³/mol. The number of benzene rings is 2. The van der Waals surface area contributed by atoms with Gasteiger partial charge in [-0.2, -0.15) is 0 Å². The van der Waals surface area contributed by atoms with Gasteiger partial charge < -0.3 is 9.47 Å². The zero-order valence-electron chi connectivity index (χ0n) is 14.0. The molecule has 0 bridgehead atoms. The number of ether oxygens (including phenoxy) is 2. The maximum atomic E-state index is 12.4. The molecule has 5 nitrogen and oxygen atoms in total. The second-order valence-electron chi connectivity index (χ2n) is 5.45. The van der Waals surface area contributed by atoms with Crippen molar-refractivity contribution in [3.8, 4) is 11.5 Å². The Labute approximate surface area is 157 Å². The summed E-state index contributed by atoms with van der Waals surface area (Å²) in [4.78, 5) is 0. The Bertz CT molecular complexity index is 856. The molecule has 25 heavy (non-hydrogen) atoms. The Morgan fingerprint density at radius 3 is 2.32 bits per heavy atom. The van der Waals surface area contributed by atoms with Gasteiger partial charge in [0, 0.05) is 16.1 Å². The quantitative estimate of drug-likeness (QED) is 0.752. The molecule has 0 aliphatic carbocycles. The zero-order valence-corrected chi connectivity index (χ0v) is 16.4. The van der Waals surface area contributed by atoms with Gasteiger partial charge in [-0.15, -0.1) is 0 Å². The summed E-state index contributed by atoms with van der Waals surface area (Å²) in [6.07, 6.45) is 0. The van der Waals surface area contributed by atoms with Crippen LogP contribution in [0.4, 0.5) is 0 Å². The summed E-state index contributed by atoms with van der Waals surface area (Å²) < 4.78 is 37.9. The molecule has 2 aromatic rings. The van der Waals surface area contributed by atoms with Crippen LogP contribution < -0.4 is 14.2 Å². The van der Waals surface area contributed by atoms with E-state index >= 15 is 0 Å². The molecule has 0 heterocycles. The van der Waals surface area contributed by atoms with E-state index < -0.39 is 16.1 Å². The normalized spacial score (nSPS) is 12.7. The van der Waals surface area contributed by atoms with Crippen LogP contribution in [0, 0.1) is 0 Å². The maximum Gasteiger partial charge on any atom is 0.216 e. The van der Waals surface area contributed by atoms with Gasteiger partial charge in [0.2, 0.25) is 10.0 Å². The number of hydrogen-bond acceptors (Lipinski definition) is 4. The third kappa shape index (κ3) is 5.25. The zero-order chi connectivity index (χ0) is 18.6. The van der Waals surface area contributed by atoms with Crippen molar-refractivity contribution in [2.24, 2.45) is 0 Å². The van der Waals surface area contributed by atoms with E-state index in [9.17, 15) is 8.42 Å². The van der Waals surface area contributed by atoms with E-state index in [4.69, 9.17) is 32.7 Å². The van der Waals surface area contributed by atoms with Crippen molar-refractivity contribution in [3.05, 3.63) is 57.6 Å². The van der Waals surface area contributed by atoms with Crippen molar-refractivity contribution in [3.63, 3.8) is 0 Å². The van der Waals surface area contributed by atoms with Crippen molar-refractivity contribution in [2.45, 2.75) is 18.7 Å². The molecule has 2 rings (SSSR count). The summed E-state index contributed by atoms with van der Waals surface area (Å²) in [6, 6.07) is 9.53. The minimum atomic E-state index is -3.60. The Morgan fingerprint density at radius 2 is 1.72 bits per heavy atom. The molecule has 0 fully saturated rings. The van der Waals surface area contributed by atoms with Gasteiger partial charge in [0.1, 0.15) is 0 Å². The highest BCUT2D eigenvalue weighted by Gasteiger charge is 2.19. The van der Waals surface area contributed by atoms with Crippen molar-refractivity contribution in [1.29, 1.82) is 0 Å². The van der Waals surface area contributed by atoms with Crippen LogP contribution in [0.2, 0.25) is 10.0 Å². The second-order valence-corrected chi connectivity index (χ2v) is 8.05. The summed E-state index contributed by atoms with van der Waals surface area (Å²) in [7, 11) is -0.534. The highest BCUT2D eigenvalue weighted by molar-refractivity contribution is 7.88. The first kappa shape index (κ1) is 19.8. The standard InChI is InChI=1S/C17H19Cl2NO4S/c1-11(12-5-7-16(23-2)17(8-12)24-3)20-25(21,22)10-13-4-6-14(18)9-15(13)19/h4-9,11,20H,10H2,1-3H3/t11-/m1/s1. The van der Waals surface area contributed by atoms with Gasteiger partial charge in [-0.1, -0.05) is 35.3 Å². The predicted octanol–water partition coefficient (Wildman–Crippen LogP) is 4.19. The third-order valence-electron chi connectivity index (χ3n) is 3.62. The molecular formula is C17H19Cl2NO4S. The van der Waals surface area contributed by atoms with E-state index in [2.05, 4.69) is 4.72 Å². The van der Waals surface area contributed by atoms with Crippen LogP contribution in [0.3, 0.4) is 0 Å². The summed E-state index contributed by atoms with van der Waals surface area (Å²) in [5.41, 5.74) is 1.24. The van der Waals surface area contributed by atoms with Gasteiger partial charge in [0.05, 0.1) is 20.0 Å². The SMILES string of the molecule is COc1ccc([C@@H](C)NS(=O)(=O)Cc2ccc(Cl)cc2Cl)cc1OC. The molecule has 0 aliphatic heterocycles. The van der Waals surface area contributed by atoms with E-state index in [1.807, 2.05) is 0 Å². The lowest BCUT2D eigenvalue weighted by Gasteiger charge is -2.17. The fourth-order valence-corrected chi connectivity index (χ4v) is 4.32. The van der Waals surface area contributed by atoms with E-state index in [1.54, 1.807) is 44.4 Å². The van der Waals surface area contributed by atoms with E-state index in [1.165, 1.54) is 13.2 Å². The molecule has 0 unspecified atom stereocenters. The number of hydrogen-bond donors (Lipinski definition) is 1. The minimum absolute atomic E-state index is 0.235. The van der Waals surface area contributed by atoms with Gasteiger partial charge in [0.25, 0.3) is 0 Å². The Kier molecular flexibility index (Phi) is 6.57. The number of halogens is 2. The van der Waals surface area contributed by atoms with Gasteiger partial charge in [0.15, 0.2) is 11.5 Å². The van der Waals surface area contributed by atoms with Gasteiger partial charge in [-0.25, -0.2) is 13.1 Å². The number of sulfonamides is 1. The molecule has 0 spiro atoms. The first-order chi connectivity index (χ1) is 11.8. The maximum absolute atomic E-state index is 12.4. The molecule has 0 radical (unpaired) electrons. The fourth-order valence-electron chi connectivity index (χ4n) is 2.34. The first-order valence-electron chi connectivity index (χ1n) is 7.41. The molecule has 0 aromatic heterocycles. The lowest BCUT2D eigenvalue weighted by molar-refractivity contribution is 0.354. The molecule has 8 heteroatoms. The topological polar surface area (TPSA) is 64.6 Å². The van der Waals surface area contributed by atoms with Crippen molar-refractivity contribution in [1.82, 2.24) is 4.72 Å². The van der Waals surface area contributed by atoms with Gasteiger partial charge in [-0.3, -0.25) is 0 Å². The fraction of sp³-hybridized carbons (Fsp3) is 0.294. The summed E-state index contributed by atoms with van der Waals surface area (Å²) in [5.74, 6) is 0.877. The molecule has 0 saturated heterocycles. The van der Waals surface area contributed by atoms with Crippen LogP contribution in [0.15, 0.2) is 36.4 Å². The molecule has 0 aliphatic rings. The highest BCUT2D eigenvalue weighted by atomic mass is 35.5. The molecular weight excluding hydrogens is 385 g/mol. The number of rotatable bonds is 7. The van der Waals surface area contributed by atoms with Crippen molar-refractivity contribution < 1.29 is 17.9 Å². The first-order valence-corrected chi connectivity index (χ1v) is 9.82. The largest absolute Gasteiger partial charge is 0.493 e. The second kappa shape index (κ2) is 8.27. The Balaban J connectivity index is 2.16. The van der Waals surface area contributed by atoms with Crippen molar-refractivity contribution in [2.75, 3.05) is 14.2 Å². The smallest absolute Gasteiger partial charge is 0.216 e. The number of methoxy groups -OCH3 is 2. The summed E-state index contributed by atoms with van der Waals surface area (Å²) >= 11 is 11.9. The van der Waals surface area contributed by atoms with Crippen LogP contribution in [-0.2, 0) is 15.8 Å². The molecule has 136 valence electrons.